The molecule has 1 aromatic heterocycles. The van der Waals surface area contributed by atoms with Gasteiger partial charge in [0.25, 0.3) is 0 Å². The van der Waals surface area contributed by atoms with Crippen molar-refractivity contribution in [3.63, 3.8) is 0 Å². The average Bonchev–Trinajstić information content (AvgIpc) is 3.01. The number of aromatic nitrogens is 2. The lowest BCUT2D eigenvalue weighted by molar-refractivity contribution is -0.128. The van der Waals surface area contributed by atoms with Crippen LogP contribution in [0.5, 0.6) is 0 Å². The molecule has 0 spiro atoms. The average molecular weight is 326 g/mol. The molecular weight excluding hydrogens is 304 g/mol. The van der Waals surface area contributed by atoms with E-state index in [1.165, 1.54) is 0 Å². The van der Waals surface area contributed by atoms with Crippen LogP contribution in [-0.2, 0) is 11.3 Å². The molecule has 6 heteroatoms. The molecule has 0 saturated carbocycles. The van der Waals surface area contributed by atoms with Gasteiger partial charge in [0.1, 0.15) is 0 Å². The fourth-order valence-corrected chi connectivity index (χ4v) is 2.78. The van der Waals surface area contributed by atoms with E-state index < -0.39 is 6.10 Å². The van der Waals surface area contributed by atoms with Crippen LogP contribution in [0.3, 0.4) is 0 Å². The summed E-state index contributed by atoms with van der Waals surface area (Å²) in [7, 11) is 0. The standard InChI is InChI=1S/C18H22N4O2/c23-16(13-22-8-4-7-17(22)24)12-19-9-14-10-20-18(21-11-14)15-5-2-1-3-6-15/h1-3,5-6,10-11,16,19,23H,4,7-9,12-13H2. The molecule has 0 radical (unpaired) electrons. The number of nitrogens with one attached hydrogen (secondary N) is 1. The molecule has 2 heterocycles. The highest BCUT2D eigenvalue weighted by Gasteiger charge is 2.22. The van der Waals surface area contributed by atoms with E-state index in [1.54, 1.807) is 17.3 Å². The smallest absolute Gasteiger partial charge is 0.222 e. The summed E-state index contributed by atoms with van der Waals surface area (Å²) in [5, 5.41) is 13.2. The molecule has 6 nitrogen and oxygen atoms in total. The van der Waals surface area contributed by atoms with Gasteiger partial charge in [-0.05, 0) is 6.42 Å². The van der Waals surface area contributed by atoms with E-state index in [0.29, 0.717) is 31.9 Å². The quantitative estimate of drug-likeness (QED) is 0.800. The zero-order valence-electron chi connectivity index (χ0n) is 13.6. The summed E-state index contributed by atoms with van der Waals surface area (Å²) in [4.78, 5) is 22.0. The normalized spacial score (nSPS) is 15.7. The lowest BCUT2D eigenvalue weighted by Crippen LogP contribution is -2.38. The van der Waals surface area contributed by atoms with Crippen molar-refractivity contribution < 1.29 is 9.90 Å². The van der Waals surface area contributed by atoms with Gasteiger partial charge >= 0.3 is 0 Å². The van der Waals surface area contributed by atoms with Crippen molar-refractivity contribution >= 4 is 5.91 Å². The number of aliphatic hydroxyl groups excluding tert-OH is 1. The van der Waals surface area contributed by atoms with E-state index in [2.05, 4.69) is 15.3 Å². The van der Waals surface area contributed by atoms with E-state index >= 15 is 0 Å². The first kappa shape index (κ1) is 16.5. The molecule has 1 unspecified atom stereocenters. The number of carbonyl (C=O) groups is 1. The molecule has 24 heavy (non-hydrogen) atoms. The number of nitrogens with zero attached hydrogens (tertiary/aromatic N) is 3. The van der Waals surface area contributed by atoms with Crippen LogP contribution >= 0.6 is 0 Å². The van der Waals surface area contributed by atoms with Crippen molar-refractivity contribution in [1.29, 1.82) is 0 Å². The van der Waals surface area contributed by atoms with Gasteiger partial charge in [0.2, 0.25) is 5.91 Å². The van der Waals surface area contributed by atoms with Crippen LogP contribution in [0.25, 0.3) is 11.4 Å². The Labute approximate surface area is 141 Å². The number of aliphatic hydroxyl groups is 1. The zero-order chi connectivity index (χ0) is 16.8. The van der Waals surface area contributed by atoms with Crippen LogP contribution < -0.4 is 5.32 Å². The van der Waals surface area contributed by atoms with Crippen molar-refractivity contribution in [1.82, 2.24) is 20.2 Å². The zero-order valence-corrected chi connectivity index (χ0v) is 13.6. The predicted octanol–water partition coefficient (Wildman–Crippen LogP) is 1.22. The van der Waals surface area contributed by atoms with Crippen molar-refractivity contribution in [3.05, 3.63) is 48.3 Å². The topological polar surface area (TPSA) is 78.4 Å². The molecule has 126 valence electrons. The number of benzene rings is 1. The Hall–Kier alpha value is -2.31. The largest absolute Gasteiger partial charge is 0.390 e. The Morgan fingerprint density at radius 3 is 2.62 bits per heavy atom. The molecule has 1 aliphatic rings. The van der Waals surface area contributed by atoms with Gasteiger partial charge < -0.3 is 15.3 Å². The Morgan fingerprint density at radius 2 is 1.96 bits per heavy atom. The van der Waals surface area contributed by atoms with Gasteiger partial charge in [0.15, 0.2) is 5.82 Å². The van der Waals surface area contributed by atoms with Crippen molar-refractivity contribution in [2.75, 3.05) is 19.6 Å². The maximum absolute atomic E-state index is 11.5. The minimum Gasteiger partial charge on any atom is -0.390 e. The minimum absolute atomic E-state index is 0.138. The summed E-state index contributed by atoms with van der Waals surface area (Å²) in [6, 6.07) is 9.83. The molecule has 1 fully saturated rings. The summed E-state index contributed by atoms with van der Waals surface area (Å²) < 4.78 is 0. The van der Waals surface area contributed by atoms with Gasteiger partial charge in [-0.2, -0.15) is 0 Å². The first-order valence-electron chi connectivity index (χ1n) is 8.25. The second kappa shape index (κ2) is 7.99. The summed E-state index contributed by atoms with van der Waals surface area (Å²) in [5.74, 6) is 0.839. The van der Waals surface area contributed by atoms with E-state index in [0.717, 1.165) is 24.1 Å². The second-order valence-electron chi connectivity index (χ2n) is 6.01. The van der Waals surface area contributed by atoms with Crippen molar-refractivity contribution in [2.24, 2.45) is 0 Å². The van der Waals surface area contributed by atoms with Crippen LogP contribution in [0.4, 0.5) is 0 Å². The lowest BCUT2D eigenvalue weighted by Gasteiger charge is -2.20. The molecule has 1 aromatic carbocycles. The van der Waals surface area contributed by atoms with Crippen LogP contribution in [0.1, 0.15) is 18.4 Å². The second-order valence-corrected chi connectivity index (χ2v) is 6.01. The number of β-amino-alcohol motifs (C(OH)–C–C–N with tert-alkyl or cyclic N) is 1. The number of amides is 1. The molecule has 3 rings (SSSR count). The summed E-state index contributed by atoms with van der Waals surface area (Å²) in [6.45, 7) is 2.17. The van der Waals surface area contributed by atoms with Crippen molar-refractivity contribution in [2.45, 2.75) is 25.5 Å². The fourth-order valence-electron chi connectivity index (χ4n) is 2.78. The van der Waals surface area contributed by atoms with E-state index in [9.17, 15) is 9.90 Å². The van der Waals surface area contributed by atoms with Gasteiger partial charge in [0, 0.05) is 56.1 Å². The summed E-state index contributed by atoms with van der Waals surface area (Å²) in [6.07, 6.45) is 4.52. The van der Waals surface area contributed by atoms with Crippen LogP contribution in [0.15, 0.2) is 42.7 Å². The highest BCUT2D eigenvalue weighted by Crippen LogP contribution is 2.13. The lowest BCUT2D eigenvalue weighted by atomic mass is 10.2. The number of rotatable bonds is 7. The maximum atomic E-state index is 11.5. The monoisotopic (exact) mass is 326 g/mol. The SMILES string of the molecule is O=C1CCCN1CC(O)CNCc1cnc(-c2ccccc2)nc1. The van der Waals surface area contributed by atoms with Crippen LogP contribution in [0, 0.1) is 0 Å². The molecule has 2 N–H and O–H groups in total. The fraction of sp³-hybridized carbons (Fsp3) is 0.389. The van der Waals surface area contributed by atoms with E-state index in [-0.39, 0.29) is 5.91 Å². The number of carbonyl (C=O) groups excluding carboxylic acids is 1. The first-order valence-corrected chi connectivity index (χ1v) is 8.25. The molecule has 1 saturated heterocycles. The van der Waals surface area contributed by atoms with Gasteiger partial charge in [0.05, 0.1) is 6.10 Å². The molecule has 0 aliphatic carbocycles. The minimum atomic E-state index is -0.559. The Morgan fingerprint density at radius 1 is 1.21 bits per heavy atom. The van der Waals surface area contributed by atoms with Gasteiger partial charge in [-0.15, -0.1) is 0 Å². The Balaban J connectivity index is 1.44. The highest BCUT2D eigenvalue weighted by molar-refractivity contribution is 5.78. The van der Waals surface area contributed by atoms with Crippen LogP contribution in [0.2, 0.25) is 0 Å². The molecule has 1 atom stereocenters. The van der Waals surface area contributed by atoms with Gasteiger partial charge in [-0.25, -0.2) is 9.97 Å². The third-order valence-electron chi connectivity index (χ3n) is 4.05. The third kappa shape index (κ3) is 4.37. The molecular formula is C18H22N4O2. The number of hydrogen-bond acceptors (Lipinski definition) is 5. The van der Waals surface area contributed by atoms with Gasteiger partial charge in [-0.3, -0.25) is 4.79 Å². The van der Waals surface area contributed by atoms with E-state index in [1.807, 2.05) is 30.3 Å². The molecule has 2 aromatic rings. The number of hydrogen-bond donors (Lipinski definition) is 2. The summed E-state index contributed by atoms with van der Waals surface area (Å²) in [5.41, 5.74) is 1.95. The Kier molecular flexibility index (Phi) is 5.51. The summed E-state index contributed by atoms with van der Waals surface area (Å²) >= 11 is 0. The first-order chi connectivity index (χ1) is 11.7. The third-order valence-corrected chi connectivity index (χ3v) is 4.05. The van der Waals surface area contributed by atoms with Crippen molar-refractivity contribution in [3.8, 4) is 11.4 Å². The highest BCUT2D eigenvalue weighted by atomic mass is 16.3. The van der Waals surface area contributed by atoms with Crippen LogP contribution in [-0.4, -0.2) is 51.6 Å². The Bertz CT molecular complexity index is 660. The maximum Gasteiger partial charge on any atom is 0.222 e. The molecule has 0 bridgehead atoms. The molecule has 1 aliphatic heterocycles. The predicted molar refractivity (Wildman–Crippen MR) is 91.0 cm³/mol. The van der Waals surface area contributed by atoms with Gasteiger partial charge in [-0.1, -0.05) is 30.3 Å². The van der Waals surface area contributed by atoms with E-state index in [4.69, 9.17) is 0 Å². The molecule has 1 amide bonds. The number of likely N-dealkylation sites (tertiary alicyclic amines) is 1.